The first-order valence-electron chi connectivity index (χ1n) is 7.76. The topological polar surface area (TPSA) is 12.0 Å². The number of rotatable bonds is 6. The summed E-state index contributed by atoms with van der Waals surface area (Å²) < 4.78 is 0. The second-order valence-corrected chi connectivity index (χ2v) is 7.06. The average Bonchev–Trinajstić information content (AvgIpc) is 2.98. The van der Waals surface area contributed by atoms with Gasteiger partial charge in [0, 0.05) is 6.04 Å². The predicted octanol–water partition coefficient (Wildman–Crippen LogP) is 4.38. The molecule has 0 saturated heterocycles. The lowest BCUT2D eigenvalue weighted by molar-refractivity contribution is 0.409. The van der Waals surface area contributed by atoms with E-state index in [1.54, 1.807) is 0 Å². The fourth-order valence-electron chi connectivity index (χ4n) is 3.11. The van der Waals surface area contributed by atoms with Crippen LogP contribution in [0.1, 0.15) is 58.1 Å². The molecule has 1 aliphatic carbocycles. The fraction of sp³-hybridized carbons (Fsp3) is 0.667. The minimum atomic E-state index is 0.546. The van der Waals surface area contributed by atoms with E-state index in [2.05, 4.69) is 64.2 Å². The highest BCUT2D eigenvalue weighted by molar-refractivity contribution is 5.26. The number of hydrogen-bond donors (Lipinski definition) is 1. The Morgan fingerprint density at radius 2 is 1.79 bits per heavy atom. The van der Waals surface area contributed by atoms with Gasteiger partial charge in [0.2, 0.25) is 0 Å². The molecule has 0 radical (unpaired) electrons. The molecule has 2 unspecified atom stereocenters. The summed E-state index contributed by atoms with van der Waals surface area (Å²) in [6.07, 6.45) is 2.54. The molecule has 0 aromatic heterocycles. The van der Waals surface area contributed by atoms with E-state index in [0.29, 0.717) is 17.4 Å². The minimum Gasteiger partial charge on any atom is -0.314 e. The van der Waals surface area contributed by atoms with Gasteiger partial charge in [0.1, 0.15) is 0 Å². The van der Waals surface area contributed by atoms with Crippen LogP contribution in [0.4, 0.5) is 0 Å². The molecular formula is C18H29N. The molecule has 2 rings (SSSR count). The third-order valence-electron chi connectivity index (χ3n) is 4.64. The summed E-state index contributed by atoms with van der Waals surface area (Å²) in [5, 5.41) is 3.69. The zero-order valence-corrected chi connectivity index (χ0v) is 13.2. The molecule has 0 aliphatic heterocycles. The quantitative estimate of drug-likeness (QED) is 0.799. The highest BCUT2D eigenvalue weighted by Gasteiger charge is 2.49. The van der Waals surface area contributed by atoms with Gasteiger partial charge in [-0.3, -0.25) is 0 Å². The van der Waals surface area contributed by atoms with Gasteiger partial charge in [0.05, 0.1) is 0 Å². The van der Waals surface area contributed by atoms with Gasteiger partial charge in [-0.15, -0.1) is 0 Å². The van der Waals surface area contributed by atoms with Gasteiger partial charge in [-0.05, 0) is 47.8 Å². The van der Waals surface area contributed by atoms with Crippen molar-refractivity contribution < 1.29 is 0 Å². The maximum absolute atomic E-state index is 3.69. The van der Waals surface area contributed by atoms with Crippen LogP contribution in [0.2, 0.25) is 0 Å². The van der Waals surface area contributed by atoms with Crippen LogP contribution in [-0.2, 0) is 6.42 Å². The van der Waals surface area contributed by atoms with Gasteiger partial charge >= 0.3 is 0 Å². The van der Waals surface area contributed by atoms with Gasteiger partial charge in [0.25, 0.3) is 0 Å². The lowest BCUT2D eigenvalue weighted by Gasteiger charge is -2.20. The first kappa shape index (κ1) is 14.6. The molecule has 1 heteroatoms. The van der Waals surface area contributed by atoms with Gasteiger partial charge < -0.3 is 5.32 Å². The summed E-state index contributed by atoms with van der Waals surface area (Å²) >= 11 is 0. The lowest BCUT2D eigenvalue weighted by Crippen LogP contribution is -2.34. The molecule has 1 saturated carbocycles. The predicted molar refractivity (Wildman–Crippen MR) is 83.6 cm³/mol. The molecule has 106 valence electrons. The molecule has 1 N–H and O–H groups in total. The maximum Gasteiger partial charge on any atom is 0.0141 e. The Morgan fingerprint density at radius 3 is 2.21 bits per heavy atom. The fourth-order valence-corrected chi connectivity index (χ4v) is 3.11. The van der Waals surface area contributed by atoms with Crippen LogP contribution in [0.3, 0.4) is 0 Å². The second kappa shape index (κ2) is 5.66. The van der Waals surface area contributed by atoms with E-state index in [0.717, 1.165) is 12.5 Å². The van der Waals surface area contributed by atoms with Crippen molar-refractivity contribution in [2.75, 3.05) is 6.54 Å². The van der Waals surface area contributed by atoms with Crippen molar-refractivity contribution in [3.05, 3.63) is 35.4 Å². The molecule has 0 bridgehead atoms. The smallest absolute Gasteiger partial charge is 0.0141 e. The number of hydrogen-bond acceptors (Lipinski definition) is 1. The molecule has 1 aliphatic rings. The first-order chi connectivity index (χ1) is 8.94. The molecular weight excluding hydrogens is 230 g/mol. The molecule has 0 amide bonds. The van der Waals surface area contributed by atoms with Crippen molar-refractivity contribution in [2.24, 2.45) is 11.3 Å². The molecule has 0 heterocycles. The minimum absolute atomic E-state index is 0.546. The average molecular weight is 259 g/mol. The Morgan fingerprint density at radius 1 is 1.21 bits per heavy atom. The monoisotopic (exact) mass is 259 g/mol. The van der Waals surface area contributed by atoms with Gasteiger partial charge in [-0.1, -0.05) is 58.9 Å². The van der Waals surface area contributed by atoms with Crippen molar-refractivity contribution in [1.29, 1.82) is 0 Å². The van der Waals surface area contributed by atoms with Crippen molar-refractivity contribution in [2.45, 2.75) is 59.4 Å². The second-order valence-electron chi connectivity index (χ2n) is 7.06. The first-order valence-corrected chi connectivity index (χ1v) is 7.76. The summed E-state index contributed by atoms with van der Waals surface area (Å²) in [4.78, 5) is 0. The Bertz CT molecular complexity index is 402. The summed E-state index contributed by atoms with van der Waals surface area (Å²) in [7, 11) is 0. The molecule has 1 fully saturated rings. The largest absolute Gasteiger partial charge is 0.314 e. The van der Waals surface area contributed by atoms with E-state index in [4.69, 9.17) is 0 Å². The van der Waals surface area contributed by atoms with Crippen LogP contribution in [-0.4, -0.2) is 12.6 Å². The lowest BCUT2D eigenvalue weighted by atomic mass is 9.95. The van der Waals surface area contributed by atoms with Crippen LogP contribution in [0.15, 0.2) is 24.3 Å². The van der Waals surface area contributed by atoms with Crippen LogP contribution in [0, 0.1) is 11.3 Å². The zero-order chi connectivity index (χ0) is 14.0. The summed E-state index contributed by atoms with van der Waals surface area (Å²) in [5.74, 6) is 1.47. The number of likely N-dealkylation sites (N-methyl/N-ethyl adjacent to an activating group) is 1. The van der Waals surface area contributed by atoms with Crippen molar-refractivity contribution in [1.82, 2.24) is 5.32 Å². The summed E-state index contributed by atoms with van der Waals surface area (Å²) in [6.45, 7) is 12.6. The van der Waals surface area contributed by atoms with Crippen LogP contribution >= 0.6 is 0 Å². The Hall–Kier alpha value is -0.820. The molecule has 1 aromatic carbocycles. The van der Waals surface area contributed by atoms with Crippen molar-refractivity contribution in [3.63, 3.8) is 0 Å². The van der Waals surface area contributed by atoms with E-state index in [-0.39, 0.29) is 0 Å². The van der Waals surface area contributed by atoms with Crippen LogP contribution in [0.25, 0.3) is 0 Å². The standard InChI is InChI=1S/C18H29N/c1-6-19-17(16-12-18(16,4)5)11-14-7-9-15(10-8-14)13(2)3/h7-10,13,16-17,19H,6,11-12H2,1-5H3. The Labute approximate surface area is 118 Å². The molecule has 1 nitrogen and oxygen atoms in total. The summed E-state index contributed by atoms with van der Waals surface area (Å²) in [6, 6.07) is 9.86. The van der Waals surface area contributed by atoms with Gasteiger partial charge in [-0.25, -0.2) is 0 Å². The highest BCUT2D eigenvalue weighted by Crippen LogP contribution is 2.54. The van der Waals surface area contributed by atoms with Crippen LogP contribution in [0.5, 0.6) is 0 Å². The molecule has 0 spiro atoms. The van der Waals surface area contributed by atoms with E-state index < -0.39 is 0 Å². The third kappa shape index (κ3) is 3.60. The van der Waals surface area contributed by atoms with Crippen molar-refractivity contribution >= 4 is 0 Å². The van der Waals surface area contributed by atoms with Crippen molar-refractivity contribution in [3.8, 4) is 0 Å². The van der Waals surface area contributed by atoms with E-state index >= 15 is 0 Å². The maximum atomic E-state index is 3.69. The number of nitrogens with one attached hydrogen (secondary N) is 1. The van der Waals surface area contributed by atoms with E-state index in [1.807, 2.05) is 0 Å². The third-order valence-corrected chi connectivity index (χ3v) is 4.64. The molecule has 2 atom stereocenters. The molecule has 19 heavy (non-hydrogen) atoms. The number of benzene rings is 1. The van der Waals surface area contributed by atoms with Crippen LogP contribution < -0.4 is 5.32 Å². The Kier molecular flexibility index (Phi) is 4.35. The Balaban J connectivity index is 2.01. The molecule has 1 aromatic rings. The van der Waals surface area contributed by atoms with Gasteiger partial charge in [0.15, 0.2) is 0 Å². The van der Waals surface area contributed by atoms with E-state index in [1.165, 1.54) is 24.0 Å². The van der Waals surface area contributed by atoms with Gasteiger partial charge in [-0.2, -0.15) is 0 Å². The van der Waals surface area contributed by atoms with E-state index in [9.17, 15) is 0 Å². The zero-order valence-electron chi connectivity index (χ0n) is 13.2. The summed E-state index contributed by atoms with van der Waals surface area (Å²) in [5.41, 5.74) is 3.46. The SMILES string of the molecule is CCNC(Cc1ccc(C(C)C)cc1)C1CC1(C)C. The normalized spacial score (nSPS) is 22.5. The highest BCUT2D eigenvalue weighted by atomic mass is 14.9.